The lowest BCUT2D eigenvalue weighted by atomic mass is 10.1. The van der Waals surface area contributed by atoms with Crippen molar-refractivity contribution in [2.75, 3.05) is 13.2 Å². The molecule has 2 N–H and O–H groups in total. The van der Waals surface area contributed by atoms with Crippen LogP contribution < -0.4 is 0 Å². The van der Waals surface area contributed by atoms with Gasteiger partial charge in [0, 0.05) is 0 Å². The number of hydrogen-bond donors (Lipinski definition) is 4. The van der Waals surface area contributed by atoms with E-state index in [0.29, 0.717) is 22.1 Å². The third-order valence-corrected chi connectivity index (χ3v) is 12.4. The Morgan fingerprint density at radius 3 is 1.46 bits per heavy atom. The normalized spacial score (nSPS) is 37.2. The Balaban J connectivity index is 1.22. The SMILES string of the molecule is O=P1(S)OC[C@H]2O[C@@H](n3cnc4cc(Cl)c(Cl)cc43)C(OP(=O)(S)OC[C@H]3O[C@@H](n4cnc5cc(Cl)c(Cl)cc54)C(O1)C3O)C2O. The lowest BCUT2D eigenvalue weighted by molar-refractivity contribution is -0.0582. The summed E-state index contributed by atoms with van der Waals surface area (Å²) >= 11 is 33.0. The molecule has 10 atom stereocenters. The van der Waals surface area contributed by atoms with Crippen LogP contribution in [0, 0.1) is 0 Å². The van der Waals surface area contributed by atoms with Gasteiger partial charge in [-0.05, 0) is 24.3 Å². The quantitative estimate of drug-likeness (QED) is 0.136. The number of thiol groups is 2. The molecule has 4 bridgehead atoms. The average molecular weight is 794 g/mol. The fraction of sp³-hybridized carbons (Fsp3) is 0.417. The summed E-state index contributed by atoms with van der Waals surface area (Å²) in [5, 5.41) is 23.5. The number of aliphatic hydroxyl groups excluding tert-OH is 2. The highest BCUT2D eigenvalue weighted by atomic mass is 35.5. The van der Waals surface area contributed by atoms with Crippen molar-refractivity contribution in [2.24, 2.45) is 0 Å². The first-order valence-corrected chi connectivity index (χ1v) is 20.2. The minimum Gasteiger partial charge on any atom is -0.387 e. The number of fused-ring (bicyclic) bond motifs is 6. The first-order valence-electron chi connectivity index (χ1n) is 13.3. The Morgan fingerprint density at radius 1 is 0.696 bits per heavy atom. The van der Waals surface area contributed by atoms with Gasteiger partial charge in [0.15, 0.2) is 12.5 Å². The number of imidazole rings is 2. The molecule has 0 aliphatic carbocycles. The van der Waals surface area contributed by atoms with Crippen LogP contribution in [-0.4, -0.2) is 79.2 Å². The molecule has 0 amide bonds. The molecule has 22 heteroatoms. The highest BCUT2D eigenvalue weighted by Crippen LogP contribution is 2.60. The fourth-order valence-electron chi connectivity index (χ4n) is 5.54. The summed E-state index contributed by atoms with van der Waals surface area (Å²) in [6, 6.07) is 6.15. The summed E-state index contributed by atoms with van der Waals surface area (Å²) in [6.07, 6.45) is -7.76. The number of aliphatic hydroxyl groups is 2. The van der Waals surface area contributed by atoms with Gasteiger partial charge in [0.25, 0.3) is 0 Å². The van der Waals surface area contributed by atoms with E-state index >= 15 is 0 Å². The summed E-state index contributed by atoms with van der Waals surface area (Å²) in [5.41, 5.74) is 1.80. The lowest BCUT2D eigenvalue weighted by Crippen LogP contribution is -2.37. The van der Waals surface area contributed by atoms with Crippen LogP contribution in [0.4, 0.5) is 0 Å². The van der Waals surface area contributed by atoms with Gasteiger partial charge in [-0.3, -0.25) is 18.1 Å². The molecule has 3 fully saturated rings. The zero-order valence-electron chi connectivity index (χ0n) is 22.7. The molecule has 248 valence electrons. The first-order chi connectivity index (χ1) is 21.7. The van der Waals surface area contributed by atoms with Gasteiger partial charge in [-0.25, -0.2) is 19.1 Å². The van der Waals surface area contributed by atoms with Crippen LogP contribution >= 0.6 is 84.5 Å². The van der Waals surface area contributed by atoms with Crippen LogP contribution in [0.25, 0.3) is 22.1 Å². The molecule has 0 radical (unpaired) electrons. The van der Waals surface area contributed by atoms with Gasteiger partial charge in [0.1, 0.15) is 36.6 Å². The van der Waals surface area contributed by atoms with E-state index in [1.54, 1.807) is 0 Å². The van der Waals surface area contributed by atoms with Crippen LogP contribution in [0.2, 0.25) is 20.1 Å². The Kier molecular flexibility index (Phi) is 9.28. The van der Waals surface area contributed by atoms with E-state index in [4.69, 9.17) is 74.0 Å². The molecule has 14 nitrogen and oxygen atoms in total. The van der Waals surface area contributed by atoms with E-state index in [1.807, 2.05) is 0 Å². The standard InChI is InChI=1S/C24H22Cl4N4O10P2S2/c25-9-1-13-15(3-11(9)27)31(7-29-13)23-21-19(33)17(39-23)5-37-44(36,46)42-22-20(34)18(6-38-43(35,45)41-21)40-24(22)32-8-30-14-2-10(26)12(28)4-16(14)32/h1-4,7-8,17-24,33-34H,5-6H2,(H,35,45)(H,36,46)/t17-,18-,19?,20?,21?,22?,23-,24-,43?,44?/m1/s1. The summed E-state index contributed by atoms with van der Waals surface area (Å²) in [5.74, 6) is 0. The van der Waals surface area contributed by atoms with E-state index in [9.17, 15) is 19.3 Å². The van der Waals surface area contributed by atoms with Crippen LogP contribution in [0.1, 0.15) is 12.5 Å². The maximum atomic E-state index is 13.6. The van der Waals surface area contributed by atoms with Crippen molar-refractivity contribution in [1.82, 2.24) is 19.1 Å². The Labute approximate surface area is 290 Å². The molecule has 2 aromatic heterocycles. The topological polar surface area (TPSA) is 166 Å². The largest absolute Gasteiger partial charge is 0.387 e. The zero-order chi connectivity index (χ0) is 32.7. The minimum atomic E-state index is -4.30. The fourth-order valence-corrected chi connectivity index (χ4v) is 9.09. The molecule has 46 heavy (non-hydrogen) atoms. The van der Waals surface area contributed by atoms with E-state index in [1.165, 1.54) is 46.1 Å². The summed E-state index contributed by atoms with van der Waals surface area (Å²) < 4.78 is 64.9. The van der Waals surface area contributed by atoms with Gasteiger partial charge in [0.05, 0.1) is 68.0 Å². The second kappa shape index (κ2) is 12.6. The molecule has 3 aliphatic rings. The average Bonchev–Trinajstić information content (AvgIpc) is 3.72. The number of ether oxygens (including phenoxy) is 2. The van der Waals surface area contributed by atoms with Crippen molar-refractivity contribution < 1.29 is 46.9 Å². The second-order valence-electron chi connectivity index (χ2n) is 10.6. The van der Waals surface area contributed by atoms with Crippen molar-refractivity contribution >= 4 is 107 Å². The number of halogens is 4. The number of aromatic nitrogens is 4. The van der Waals surface area contributed by atoms with Crippen LogP contribution in [0.5, 0.6) is 0 Å². The second-order valence-corrected chi connectivity index (χ2v) is 18.0. The summed E-state index contributed by atoms with van der Waals surface area (Å²) in [7, 11) is 0. The number of benzene rings is 2. The zero-order valence-corrected chi connectivity index (χ0v) is 29.3. The summed E-state index contributed by atoms with van der Waals surface area (Å²) in [4.78, 5) is 8.61. The minimum absolute atomic E-state index is 0.226. The Morgan fingerprint density at radius 2 is 1.07 bits per heavy atom. The van der Waals surface area contributed by atoms with Gasteiger partial charge in [-0.2, -0.15) is 0 Å². The lowest BCUT2D eigenvalue weighted by Gasteiger charge is -2.26. The molecule has 7 rings (SSSR count). The molecule has 5 heterocycles. The number of nitrogens with zero attached hydrogens (tertiary/aromatic N) is 4. The van der Waals surface area contributed by atoms with E-state index < -0.39 is 75.9 Å². The highest BCUT2D eigenvalue weighted by Gasteiger charge is 2.53. The van der Waals surface area contributed by atoms with Gasteiger partial charge < -0.3 is 28.8 Å². The van der Waals surface area contributed by atoms with E-state index in [2.05, 4.69) is 34.5 Å². The van der Waals surface area contributed by atoms with Gasteiger partial charge in [0.2, 0.25) is 0 Å². The van der Waals surface area contributed by atoms with Crippen molar-refractivity contribution in [3.8, 4) is 0 Å². The smallest absolute Gasteiger partial charge is 0.386 e. The summed E-state index contributed by atoms with van der Waals surface area (Å²) in [6.45, 7) is -9.66. The Hall–Kier alpha value is -0.620. The molecular formula is C24H22Cl4N4O10P2S2. The van der Waals surface area contributed by atoms with Crippen molar-refractivity contribution in [3.05, 3.63) is 57.0 Å². The van der Waals surface area contributed by atoms with E-state index in [-0.39, 0.29) is 20.1 Å². The van der Waals surface area contributed by atoms with Crippen LogP contribution in [-0.2, 0) is 36.7 Å². The maximum absolute atomic E-state index is 13.6. The molecule has 6 unspecified atom stereocenters. The third-order valence-electron chi connectivity index (χ3n) is 7.72. The van der Waals surface area contributed by atoms with Crippen molar-refractivity contribution in [1.29, 1.82) is 0 Å². The van der Waals surface area contributed by atoms with Crippen molar-refractivity contribution in [2.45, 2.75) is 49.1 Å². The van der Waals surface area contributed by atoms with Crippen LogP contribution in [0.15, 0.2) is 36.9 Å². The number of hydrogen-bond acceptors (Lipinski definition) is 12. The molecule has 2 aromatic carbocycles. The highest BCUT2D eigenvalue weighted by molar-refractivity contribution is 8.44. The van der Waals surface area contributed by atoms with E-state index in [0.717, 1.165) is 0 Å². The van der Waals surface area contributed by atoms with Gasteiger partial charge in [-0.15, -0.1) is 0 Å². The molecule has 3 saturated heterocycles. The van der Waals surface area contributed by atoms with Gasteiger partial charge in [-0.1, -0.05) is 70.9 Å². The van der Waals surface area contributed by atoms with Gasteiger partial charge >= 0.3 is 13.6 Å². The maximum Gasteiger partial charge on any atom is 0.386 e. The monoisotopic (exact) mass is 792 g/mol. The molecule has 3 aliphatic heterocycles. The third kappa shape index (κ3) is 6.28. The first kappa shape index (κ1) is 33.9. The number of rotatable bonds is 2. The molecule has 0 saturated carbocycles. The predicted octanol–water partition coefficient (Wildman–Crippen LogP) is 6.11. The Bertz CT molecular complexity index is 1800. The molecule has 0 spiro atoms. The predicted molar refractivity (Wildman–Crippen MR) is 174 cm³/mol. The van der Waals surface area contributed by atoms with Crippen LogP contribution in [0.3, 0.4) is 0 Å². The van der Waals surface area contributed by atoms with Crippen molar-refractivity contribution in [3.63, 3.8) is 0 Å². The molecular weight excluding hydrogens is 772 g/mol. The molecule has 4 aromatic rings.